The van der Waals surface area contributed by atoms with Crippen molar-refractivity contribution >= 4 is 0 Å². The zero-order valence-electron chi connectivity index (χ0n) is 10.8. The Balaban J connectivity index is 3.45. The summed E-state index contributed by atoms with van der Waals surface area (Å²) in [6, 6.07) is 0.627. The third kappa shape index (κ3) is 7.34. The molecule has 2 heteroatoms. The van der Waals surface area contributed by atoms with E-state index in [0.29, 0.717) is 6.04 Å². The summed E-state index contributed by atoms with van der Waals surface area (Å²) in [5, 5.41) is 7.02. The number of hydrogen-bond acceptors (Lipinski definition) is 2. The third-order valence-electron chi connectivity index (χ3n) is 2.74. The SMILES string of the molecule is CCC(C)C(C)NCCNC(C)(C)C. The van der Waals surface area contributed by atoms with E-state index in [0.717, 1.165) is 19.0 Å². The van der Waals surface area contributed by atoms with E-state index in [4.69, 9.17) is 0 Å². The van der Waals surface area contributed by atoms with Gasteiger partial charge in [-0.3, -0.25) is 0 Å². The largest absolute Gasteiger partial charge is 0.313 e. The van der Waals surface area contributed by atoms with E-state index in [1.54, 1.807) is 0 Å². The predicted molar refractivity (Wildman–Crippen MR) is 64.7 cm³/mol. The molecule has 0 saturated carbocycles. The average Bonchev–Trinajstić information content (AvgIpc) is 2.09. The fourth-order valence-electron chi connectivity index (χ4n) is 1.29. The Hall–Kier alpha value is -0.0800. The molecular formula is C12H28N2. The molecule has 0 heterocycles. The molecule has 0 aromatic rings. The summed E-state index contributed by atoms with van der Waals surface area (Å²) < 4.78 is 0. The van der Waals surface area contributed by atoms with Crippen LogP contribution in [0, 0.1) is 5.92 Å². The van der Waals surface area contributed by atoms with Crippen LogP contribution in [0.5, 0.6) is 0 Å². The summed E-state index contributed by atoms with van der Waals surface area (Å²) in [4.78, 5) is 0. The zero-order chi connectivity index (χ0) is 11.2. The lowest BCUT2D eigenvalue weighted by Gasteiger charge is -2.23. The molecule has 2 atom stereocenters. The number of nitrogens with one attached hydrogen (secondary N) is 2. The van der Waals surface area contributed by atoms with Crippen LogP contribution in [-0.2, 0) is 0 Å². The molecular weight excluding hydrogens is 172 g/mol. The molecule has 0 bridgehead atoms. The van der Waals surface area contributed by atoms with Crippen molar-refractivity contribution in [1.82, 2.24) is 10.6 Å². The van der Waals surface area contributed by atoms with Crippen molar-refractivity contribution < 1.29 is 0 Å². The molecule has 0 aromatic heterocycles. The lowest BCUT2D eigenvalue weighted by atomic mass is 10.0. The van der Waals surface area contributed by atoms with Crippen molar-refractivity contribution in [2.75, 3.05) is 13.1 Å². The van der Waals surface area contributed by atoms with Crippen molar-refractivity contribution in [2.45, 2.75) is 59.5 Å². The minimum atomic E-state index is 0.237. The van der Waals surface area contributed by atoms with Crippen LogP contribution >= 0.6 is 0 Å². The van der Waals surface area contributed by atoms with Gasteiger partial charge in [-0.05, 0) is 33.6 Å². The van der Waals surface area contributed by atoms with Gasteiger partial charge in [0.2, 0.25) is 0 Å². The van der Waals surface area contributed by atoms with Crippen molar-refractivity contribution in [1.29, 1.82) is 0 Å². The standard InChI is InChI=1S/C12H28N2/c1-7-10(2)11(3)13-8-9-14-12(4,5)6/h10-11,13-14H,7-9H2,1-6H3. The second-order valence-corrected chi connectivity index (χ2v) is 5.31. The van der Waals surface area contributed by atoms with E-state index in [1.807, 2.05) is 0 Å². The van der Waals surface area contributed by atoms with Gasteiger partial charge in [0.05, 0.1) is 0 Å². The molecule has 0 fully saturated rings. The summed E-state index contributed by atoms with van der Waals surface area (Å²) in [6.45, 7) is 15.5. The Bertz CT molecular complexity index is 138. The van der Waals surface area contributed by atoms with Crippen molar-refractivity contribution in [2.24, 2.45) is 5.92 Å². The summed E-state index contributed by atoms with van der Waals surface area (Å²) in [7, 11) is 0. The lowest BCUT2D eigenvalue weighted by molar-refractivity contribution is 0.368. The van der Waals surface area contributed by atoms with Gasteiger partial charge < -0.3 is 10.6 Å². The molecule has 0 aromatic carbocycles. The Morgan fingerprint density at radius 1 is 1.07 bits per heavy atom. The van der Waals surface area contributed by atoms with Gasteiger partial charge in [-0.2, -0.15) is 0 Å². The van der Waals surface area contributed by atoms with Gasteiger partial charge in [0.15, 0.2) is 0 Å². The highest BCUT2D eigenvalue weighted by atomic mass is 15.0. The normalized spacial score (nSPS) is 16.7. The zero-order valence-corrected chi connectivity index (χ0v) is 10.8. The van der Waals surface area contributed by atoms with Gasteiger partial charge in [0, 0.05) is 24.7 Å². The number of rotatable bonds is 6. The molecule has 2 unspecified atom stereocenters. The van der Waals surface area contributed by atoms with Crippen LogP contribution in [0.1, 0.15) is 48.0 Å². The van der Waals surface area contributed by atoms with E-state index in [1.165, 1.54) is 6.42 Å². The molecule has 2 nitrogen and oxygen atoms in total. The number of hydrogen-bond donors (Lipinski definition) is 2. The summed E-state index contributed by atoms with van der Waals surface area (Å²) in [5.74, 6) is 0.768. The van der Waals surface area contributed by atoms with Crippen LogP contribution < -0.4 is 10.6 Å². The Kier molecular flexibility index (Phi) is 6.38. The van der Waals surface area contributed by atoms with Crippen LogP contribution in [0.25, 0.3) is 0 Å². The quantitative estimate of drug-likeness (QED) is 0.643. The maximum absolute atomic E-state index is 3.54. The topological polar surface area (TPSA) is 24.1 Å². The van der Waals surface area contributed by atoms with E-state index in [-0.39, 0.29) is 5.54 Å². The summed E-state index contributed by atoms with van der Waals surface area (Å²) >= 11 is 0. The molecule has 86 valence electrons. The van der Waals surface area contributed by atoms with Crippen molar-refractivity contribution in [3.63, 3.8) is 0 Å². The van der Waals surface area contributed by atoms with Gasteiger partial charge >= 0.3 is 0 Å². The van der Waals surface area contributed by atoms with Crippen LogP contribution in [-0.4, -0.2) is 24.7 Å². The third-order valence-corrected chi connectivity index (χ3v) is 2.74. The van der Waals surface area contributed by atoms with E-state index in [2.05, 4.69) is 52.2 Å². The second-order valence-electron chi connectivity index (χ2n) is 5.31. The van der Waals surface area contributed by atoms with Gasteiger partial charge in [-0.15, -0.1) is 0 Å². The first kappa shape index (κ1) is 13.9. The molecule has 0 radical (unpaired) electrons. The van der Waals surface area contributed by atoms with Gasteiger partial charge in [0.25, 0.3) is 0 Å². The Morgan fingerprint density at radius 3 is 2.07 bits per heavy atom. The smallest absolute Gasteiger partial charge is 0.00970 e. The molecule has 0 amide bonds. The molecule has 0 aliphatic carbocycles. The van der Waals surface area contributed by atoms with Crippen LogP contribution in [0.2, 0.25) is 0 Å². The molecule has 0 aliphatic rings. The maximum Gasteiger partial charge on any atom is 0.00970 e. The van der Waals surface area contributed by atoms with Gasteiger partial charge in [-0.25, -0.2) is 0 Å². The lowest BCUT2D eigenvalue weighted by Crippen LogP contribution is -2.42. The molecule has 0 aliphatic heterocycles. The van der Waals surface area contributed by atoms with Crippen molar-refractivity contribution in [3.8, 4) is 0 Å². The summed E-state index contributed by atoms with van der Waals surface area (Å²) in [5.41, 5.74) is 0.237. The highest BCUT2D eigenvalue weighted by Crippen LogP contribution is 2.05. The Morgan fingerprint density at radius 2 is 1.64 bits per heavy atom. The first-order valence-corrected chi connectivity index (χ1v) is 5.85. The average molecular weight is 200 g/mol. The molecule has 2 N–H and O–H groups in total. The van der Waals surface area contributed by atoms with Crippen LogP contribution in [0.15, 0.2) is 0 Å². The minimum Gasteiger partial charge on any atom is -0.313 e. The van der Waals surface area contributed by atoms with Crippen LogP contribution in [0.3, 0.4) is 0 Å². The highest BCUT2D eigenvalue weighted by Gasteiger charge is 2.10. The van der Waals surface area contributed by atoms with Crippen molar-refractivity contribution in [3.05, 3.63) is 0 Å². The van der Waals surface area contributed by atoms with E-state index >= 15 is 0 Å². The molecule has 0 saturated heterocycles. The first-order chi connectivity index (χ1) is 6.37. The maximum atomic E-state index is 3.54. The monoisotopic (exact) mass is 200 g/mol. The van der Waals surface area contributed by atoms with Gasteiger partial charge in [0.1, 0.15) is 0 Å². The Labute approximate surface area is 89.9 Å². The second kappa shape index (κ2) is 6.41. The van der Waals surface area contributed by atoms with Gasteiger partial charge in [-0.1, -0.05) is 20.3 Å². The molecule has 0 rings (SSSR count). The predicted octanol–water partition coefficient (Wildman–Crippen LogP) is 2.40. The molecule has 14 heavy (non-hydrogen) atoms. The van der Waals surface area contributed by atoms with E-state index < -0.39 is 0 Å². The fourth-order valence-corrected chi connectivity index (χ4v) is 1.29. The summed E-state index contributed by atoms with van der Waals surface area (Å²) in [6.07, 6.45) is 1.25. The van der Waals surface area contributed by atoms with E-state index in [9.17, 15) is 0 Å². The first-order valence-electron chi connectivity index (χ1n) is 5.85. The van der Waals surface area contributed by atoms with Crippen LogP contribution in [0.4, 0.5) is 0 Å². The fraction of sp³-hybridized carbons (Fsp3) is 1.00. The molecule has 0 spiro atoms. The highest BCUT2D eigenvalue weighted by molar-refractivity contribution is 4.72. The minimum absolute atomic E-state index is 0.237.